The van der Waals surface area contributed by atoms with Crippen LogP contribution >= 0.6 is 11.6 Å². The highest BCUT2D eigenvalue weighted by atomic mass is 35.5. The molecule has 1 heterocycles. The summed E-state index contributed by atoms with van der Waals surface area (Å²) in [5.41, 5.74) is 2.89. The summed E-state index contributed by atoms with van der Waals surface area (Å²) in [5.74, 6) is -0.173. The minimum atomic E-state index is -0.619. The average molecular weight is 307 g/mol. The Labute approximate surface area is 126 Å². The number of fused-ring (bicyclic) bond motifs is 1. The number of hydrogen-bond acceptors (Lipinski definition) is 1. The molecule has 0 saturated heterocycles. The number of benzene rings is 2. The Kier molecular flexibility index (Phi) is 3.64. The number of aryl methyl sites for hydroxylation is 2. The zero-order chi connectivity index (χ0) is 15.0. The lowest BCUT2D eigenvalue weighted by Gasteiger charge is -2.10. The fourth-order valence-electron chi connectivity index (χ4n) is 2.47. The first kappa shape index (κ1) is 14.0. The molecule has 0 saturated carbocycles. The van der Waals surface area contributed by atoms with Crippen LogP contribution in [0.25, 0.3) is 16.7 Å². The van der Waals surface area contributed by atoms with Gasteiger partial charge in [0.25, 0.3) is 0 Å². The molecule has 1 aromatic heterocycles. The molecule has 2 aromatic carbocycles. The van der Waals surface area contributed by atoms with Gasteiger partial charge in [-0.05, 0) is 30.7 Å². The molecule has 0 amide bonds. The summed E-state index contributed by atoms with van der Waals surface area (Å²) < 4.78 is 29.0. The van der Waals surface area contributed by atoms with Gasteiger partial charge in [0.2, 0.25) is 0 Å². The van der Waals surface area contributed by atoms with Gasteiger partial charge >= 0.3 is 0 Å². The third-order valence-corrected chi connectivity index (χ3v) is 3.61. The summed E-state index contributed by atoms with van der Waals surface area (Å²) in [7, 11) is 0. The van der Waals surface area contributed by atoms with Crippen molar-refractivity contribution >= 4 is 22.6 Å². The summed E-state index contributed by atoms with van der Waals surface area (Å²) in [6.07, 6.45) is 0.506. The van der Waals surface area contributed by atoms with Crippen molar-refractivity contribution in [3.05, 3.63) is 59.4 Å². The monoisotopic (exact) mass is 306 g/mol. The zero-order valence-electron chi connectivity index (χ0n) is 11.4. The maximum atomic E-state index is 14.1. The minimum absolute atomic E-state index is 0.282. The van der Waals surface area contributed by atoms with Gasteiger partial charge in [-0.15, -0.1) is 11.6 Å². The lowest BCUT2D eigenvalue weighted by molar-refractivity contribution is 0.577. The average Bonchev–Trinajstić information content (AvgIpc) is 2.79. The Balaban J connectivity index is 2.33. The van der Waals surface area contributed by atoms with E-state index >= 15 is 0 Å². The fraction of sp³-hybridized carbons (Fsp3) is 0.188. The molecule has 0 unspecified atom stereocenters. The number of para-hydroxylation sites is 1. The van der Waals surface area contributed by atoms with Crippen molar-refractivity contribution < 1.29 is 8.78 Å². The molecule has 0 bridgehead atoms. The van der Waals surface area contributed by atoms with Gasteiger partial charge in [-0.1, -0.05) is 12.1 Å². The van der Waals surface area contributed by atoms with Gasteiger partial charge in [0.1, 0.15) is 17.5 Å². The SMILES string of the molecule is Cc1cccc2c1nc(CCCl)n2-c1ccc(F)cc1F. The first-order valence-corrected chi connectivity index (χ1v) is 7.13. The van der Waals surface area contributed by atoms with E-state index in [-0.39, 0.29) is 5.69 Å². The van der Waals surface area contributed by atoms with Crippen LogP contribution in [0.1, 0.15) is 11.4 Å². The molecule has 0 spiro atoms. The topological polar surface area (TPSA) is 17.8 Å². The van der Waals surface area contributed by atoms with Crippen LogP contribution in [0.4, 0.5) is 8.78 Å². The van der Waals surface area contributed by atoms with Crippen molar-refractivity contribution in [1.82, 2.24) is 9.55 Å². The second-order valence-electron chi connectivity index (χ2n) is 4.84. The Morgan fingerprint density at radius 3 is 2.71 bits per heavy atom. The van der Waals surface area contributed by atoms with Crippen molar-refractivity contribution in [1.29, 1.82) is 0 Å². The van der Waals surface area contributed by atoms with E-state index < -0.39 is 11.6 Å². The standard InChI is InChI=1S/C16H13ClF2N2/c1-10-3-2-4-14-16(10)20-15(7-8-17)21(14)13-6-5-11(18)9-12(13)19/h2-6,9H,7-8H2,1H3. The summed E-state index contributed by atoms with van der Waals surface area (Å²) in [5, 5.41) is 0. The van der Waals surface area contributed by atoms with Gasteiger partial charge in [-0.3, -0.25) is 4.57 Å². The van der Waals surface area contributed by atoms with E-state index in [0.29, 0.717) is 18.1 Å². The molecule has 5 heteroatoms. The first-order chi connectivity index (χ1) is 10.1. The quantitative estimate of drug-likeness (QED) is 0.656. The Morgan fingerprint density at radius 2 is 2.00 bits per heavy atom. The molecule has 0 fully saturated rings. The van der Waals surface area contributed by atoms with E-state index in [2.05, 4.69) is 4.98 Å². The summed E-state index contributed by atoms with van der Waals surface area (Å²) in [6, 6.07) is 9.25. The van der Waals surface area contributed by atoms with E-state index in [1.807, 2.05) is 25.1 Å². The van der Waals surface area contributed by atoms with Crippen molar-refractivity contribution in [2.75, 3.05) is 5.88 Å². The summed E-state index contributed by atoms with van der Waals surface area (Å²) >= 11 is 5.82. The molecule has 3 rings (SSSR count). The molecule has 21 heavy (non-hydrogen) atoms. The molecule has 0 aliphatic carbocycles. The largest absolute Gasteiger partial charge is 0.293 e. The van der Waals surface area contributed by atoms with Crippen molar-refractivity contribution in [2.45, 2.75) is 13.3 Å². The molecule has 0 atom stereocenters. The summed E-state index contributed by atoms with van der Waals surface area (Å²) in [4.78, 5) is 4.56. The Hall–Kier alpha value is -1.94. The molecule has 2 nitrogen and oxygen atoms in total. The number of rotatable bonds is 3. The maximum absolute atomic E-state index is 14.1. The van der Waals surface area contributed by atoms with E-state index in [4.69, 9.17) is 11.6 Å². The molecule has 3 aromatic rings. The van der Waals surface area contributed by atoms with E-state index in [1.54, 1.807) is 4.57 Å². The van der Waals surface area contributed by atoms with E-state index in [1.165, 1.54) is 12.1 Å². The maximum Gasteiger partial charge on any atom is 0.150 e. The predicted molar refractivity (Wildman–Crippen MR) is 80.1 cm³/mol. The normalized spacial score (nSPS) is 11.2. The lowest BCUT2D eigenvalue weighted by Crippen LogP contribution is -2.04. The Morgan fingerprint density at radius 1 is 1.19 bits per heavy atom. The van der Waals surface area contributed by atoms with Crippen molar-refractivity contribution in [2.24, 2.45) is 0 Å². The second-order valence-corrected chi connectivity index (χ2v) is 5.22. The lowest BCUT2D eigenvalue weighted by atomic mass is 10.2. The number of aromatic nitrogens is 2. The number of halogens is 3. The smallest absolute Gasteiger partial charge is 0.150 e. The highest BCUT2D eigenvalue weighted by Crippen LogP contribution is 2.26. The molecule has 0 radical (unpaired) electrons. The zero-order valence-corrected chi connectivity index (χ0v) is 12.2. The van der Waals surface area contributed by atoms with Gasteiger partial charge in [0, 0.05) is 18.4 Å². The number of nitrogens with zero attached hydrogens (tertiary/aromatic N) is 2. The first-order valence-electron chi connectivity index (χ1n) is 6.60. The predicted octanol–water partition coefficient (Wildman–Crippen LogP) is 4.39. The van der Waals surface area contributed by atoms with Crippen LogP contribution in [0, 0.1) is 18.6 Å². The molecule has 0 N–H and O–H groups in total. The molecular formula is C16H13ClF2N2. The van der Waals surface area contributed by atoms with Gasteiger partial charge in [-0.25, -0.2) is 13.8 Å². The molecule has 0 aliphatic heterocycles. The van der Waals surface area contributed by atoms with Crippen LogP contribution < -0.4 is 0 Å². The van der Waals surface area contributed by atoms with Crippen molar-refractivity contribution in [3.63, 3.8) is 0 Å². The Bertz CT molecular complexity index is 811. The van der Waals surface area contributed by atoms with Crippen molar-refractivity contribution in [3.8, 4) is 5.69 Å². The molecule has 0 aliphatic rings. The van der Waals surface area contributed by atoms with Gasteiger partial charge < -0.3 is 0 Å². The van der Waals surface area contributed by atoms with E-state index in [0.717, 1.165) is 22.7 Å². The van der Waals surface area contributed by atoms with Gasteiger partial charge in [0.15, 0.2) is 0 Å². The van der Waals surface area contributed by atoms with Crippen LogP contribution in [0.15, 0.2) is 36.4 Å². The van der Waals surface area contributed by atoms with Crippen LogP contribution in [0.3, 0.4) is 0 Å². The van der Waals surface area contributed by atoms with Crippen LogP contribution in [-0.4, -0.2) is 15.4 Å². The molecular weight excluding hydrogens is 294 g/mol. The molecule has 108 valence electrons. The fourth-order valence-corrected chi connectivity index (χ4v) is 2.64. The highest BCUT2D eigenvalue weighted by Gasteiger charge is 2.16. The van der Waals surface area contributed by atoms with Gasteiger partial charge in [0.05, 0.1) is 16.7 Å². The second kappa shape index (κ2) is 5.45. The number of hydrogen-bond donors (Lipinski definition) is 0. The van der Waals surface area contributed by atoms with Crippen LogP contribution in [0.2, 0.25) is 0 Å². The minimum Gasteiger partial charge on any atom is -0.293 e. The third kappa shape index (κ3) is 2.40. The highest BCUT2D eigenvalue weighted by molar-refractivity contribution is 6.17. The third-order valence-electron chi connectivity index (χ3n) is 3.43. The number of imidazole rings is 1. The number of alkyl halides is 1. The van der Waals surface area contributed by atoms with E-state index in [9.17, 15) is 8.78 Å². The van der Waals surface area contributed by atoms with Crippen LogP contribution in [-0.2, 0) is 6.42 Å². The van der Waals surface area contributed by atoms with Gasteiger partial charge in [-0.2, -0.15) is 0 Å². The van der Waals surface area contributed by atoms with Crippen LogP contribution in [0.5, 0.6) is 0 Å². The summed E-state index contributed by atoms with van der Waals surface area (Å²) in [6.45, 7) is 1.95.